The van der Waals surface area contributed by atoms with Crippen molar-refractivity contribution in [1.29, 1.82) is 0 Å². The third kappa shape index (κ3) is 3.33. The van der Waals surface area contributed by atoms with Crippen molar-refractivity contribution in [2.75, 3.05) is 12.4 Å². The predicted molar refractivity (Wildman–Crippen MR) is 72.8 cm³/mol. The molecule has 0 spiro atoms. The van der Waals surface area contributed by atoms with Crippen molar-refractivity contribution in [3.05, 3.63) is 29.3 Å². The number of rotatable bonds is 3. The molecule has 2 aromatic heterocycles. The number of nitrogens with zero attached hydrogens (tertiary/aromatic N) is 4. The molecule has 8 nitrogen and oxygen atoms in total. The van der Waals surface area contributed by atoms with Gasteiger partial charge >= 0.3 is 6.18 Å². The van der Waals surface area contributed by atoms with Gasteiger partial charge in [0.1, 0.15) is 5.69 Å². The van der Waals surface area contributed by atoms with Crippen molar-refractivity contribution < 1.29 is 22.8 Å². The second-order valence-electron chi connectivity index (χ2n) is 4.63. The van der Waals surface area contributed by atoms with Crippen LogP contribution in [0.3, 0.4) is 0 Å². The quantitative estimate of drug-likeness (QED) is 0.870. The van der Waals surface area contributed by atoms with Crippen LogP contribution in [0.2, 0.25) is 0 Å². The lowest BCUT2D eigenvalue weighted by molar-refractivity contribution is -0.143. The van der Waals surface area contributed by atoms with E-state index in [1.165, 1.54) is 25.0 Å². The minimum atomic E-state index is -4.62. The molecule has 2 N–H and O–H groups in total. The number of halogens is 3. The summed E-state index contributed by atoms with van der Waals surface area (Å²) >= 11 is 0. The fourth-order valence-corrected chi connectivity index (χ4v) is 1.90. The molecule has 124 valence electrons. The van der Waals surface area contributed by atoms with Gasteiger partial charge < -0.3 is 10.6 Å². The van der Waals surface area contributed by atoms with Crippen molar-refractivity contribution in [2.45, 2.75) is 6.18 Å². The third-order valence-corrected chi connectivity index (χ3v) is 2.92. The molecule has 0 atom stereocenters. The molecule has 0 bridgehead atoms. The number of amides is 2. The zero-order valence-electron chi connectivity index (χ0n) is 12.4. The van der Waals surface area contributed by atoms with E-state index in [0.29, 0.717) is 10.7 Å². The third-order valence-electron chi connectivity index (χ3n) is 2.92. The Morgan fingerprint density at radius 1 is 1.17 bits per heavy atom. The smallest absolute Gasteiger partial charge is 0.354 e. The molecule has 0 aliphatic heterocycles. The second kappa shape index (κ2) is 5.74. The van der Waals surface area contributed by atoms with E-state index in [2.05, 4.69) is 20.8 Å². The number of aryl methyl sites for hydroxylation is 2. The van der Waals surface area contributed by atoms with Gasteiger partial charge in [-0.05, 0) is 0 Å². The van der Waals surface area contributed by atoms with Crippen LogP contribution in [0.5, 0.6) is 0 Å². The molecular weight excluding hydrogens is 317 g/mol. The first-order valence-electron chi connectivity index (χ1n) is 6.31. The molecule has 0 unspecified atom stereocenters. The fraction of sp³-hybridized carbons (Fsp3) is 0.333. The van der Waals surface area contributed by atoms with Crippen LogP contribution in [-0.4, -0.2) is 38.4 Å². The molecule has 11 heteroatoms. The number of alkyl halides is 3. The maximum absolute atomic E-state index is 12.7. The van der Waals surface area contributed by atoms with Crippen LogP contribution in [0.1, 0.15) is 26.7 Å². The average molecular weight is 330 g/mol. The first-order valence-corrected chi connectivity index (χ1v) is 6.31. The molecule has 0 saturated carbocycles. The molecule has 23 heavy (non-hydrogen) atoms. The number of nitrogens with one attached hydrogen (secondary N) is 2. The van der Waals surface area contributed by atoms with Gasteiger partial charge in [0.2, 0.25) is 0 Å². The lowest BCUT2D eigenvalue weighted by Crippen LogP contribution is -2.21. The monoisotopic (exact) mass is 330 g/mol. The molecule has 0 aliphatic carbocycles. The molecular formula is C12H13F3N6O2. The van der Waals surface area contributed by atoms with Gasteiger partial charge in [0.15, 0.2) is 11.4 Å². The Labute approximate surface area is 128 Å². The summed E-state index contributed by atoms with van der Waals surface area (Å²) in [7, 11) is 4.00. The van der Waals surface area contributed by atoms with E-state index in [-0.39, 0.29) is 11.4 Å². The van der Waals surface area contributed by atoms with E-state index in [1.54, 1.807) is 0 Å². The van der Waals surface area contributed by atoms with Crippen molar-refractivity contribution in [1.82, 2.24) is 24.9 Å². The predicted octanol–water partition coefficient (Wildman–Crippen LogP) is 0.784. The zero-order chi connectivity index (χ0) is 17.4. The van der Waals surface area contributed by atoms with Crippen LogP contribution in [0, 0.1) is 0 Å². The first-order chi connectivity index (χ1) is 10.6. The van der Waals surface area contributed by atoms with E-state index in [4.69, 9.17) is 0 Å². The molecule has 2 heterocycles. The fourth-order valence-electron chi connectivity index (χ4n) is 1.90. The number of carbonyl (C=O) groups is 2. The lowest BCUT2D eigenvalue weighted by Gasteiger charge is -2.04. The van der Waals surface area contributed by atoms with Crippen molar-refractivity contribution >= 4 is 17.5 Å². The second-order valence-corrected chi connectivity index (χ2v) is 4.63. The number of hydrogen-bond acceptors (Lipinski definition) is 4. The molecule has 0 aromatic carbocycles. The Morgan fingerprint density at radius 2 is 1.83 bits per heavy atom. The Kier molecular flexibility index (Phi) is 4.12. The summed E-state index contributed by atoms with van der Waals surface area (Å²) in [6, 6.07) is 0.630. The van der Waals surface area contributed by atoms with Crippen LogP contribution in [0.25, 0.3) is 0 Å². The van der Waals surface area contributed by atoms with Crippen LogP contribution < -0.4 is 10.6 Å². The SMILES string of the molecule is CNC(=O)c1nn(C)cc1NC(=O)c1cc(C(F)(F)F)n(C)n1. The van der Waals surface area contributed by atoms with Gasteiger partial charge in [-0.25, -0.2) is 0 Å². The summed E-state index contributed by atoms with van der Waals surface area (Å²) in [5, 5.41) is 12.1. The first kappa shape index (κ1) is 16.5. The van der Waals surface area contributed by atoms with E-state index >= 15 is 0 Å². The van der Waals surface area contributed by atoms with Crippen molar-refractivity contribution in [2.24, 2.45) is 14.1 Å². The Hall–Kier alpha value is -2.85. The number of hydrogen-bond donors (Lipinski definition) is 2. The standard InChI is InChI=1S/C12H13F3N6O2/c1-16-11(23)9-7(5-20(2)19-9)17-10(22)6-4-8(12(13,14)15)21(3)18-6/h4-5H,1-3H3,(H,16,23)(H,17,22). The van der Waals surface area contributed by atoms with Gasteiger partial charge in [-0.15, -0.1) is 0 Å². The van der Waals surface area contributed by atoms with Crippen LogP contribution >= 0.6 is 0 Å². The molecule has 0 radical (unpaired) electrons. The Morgan fingerprint density at radius 3 is 2.35 bits per heavy atom. The highest BCUT2D eigenvalue weighted by Gasteiger charge is 2.35. The van der Waals surface area contributed by atoms with Crippen molar-refractivity contribution in [3.8, 4) is 0 Å². The van der Waals surface area contributed by atoms with E-state index in [1.807, 2.05) is 0 Å². The minimum absolute atomic E-state index is 0.0599. The summed E-state index contributed by atoms with van der Waals surface area (Å²) in [5.74, 6) is -1.42. The average Bonchev–Trinajstić information content (AvgIpc) is 3.00. The number of anilines is 1. The van der Waals surface area contributed by atoms with Crippen LogP contribution in [0.15, 0.2) is 12.3 Å². The summed E-state index contributed by atoms with van der Waals surface area (Å²) in [4.78, 5) is 23.7. The van der Waals surface area contributed by atoms with E-state index in [9.17, 15) is 22.8 Å². The topological polar surface area (TPSA) is 93.8 Å². The summed E-state index contributed by atoms with van der Waals surface area (Å²) in [5.41, 5.74) is -1.47. The Bertz CT molecular complexity index is 761. The largest absolute Gasteiger partial charge is 0.433 e. The Balaban J connectivity index is 2.29. The highest BCUT2D eigenvalue weighted by Crippen LogP contribution is 2.29. The van der Waals surface area contributed by atoms with Gasteiger partial charge in [-0.2, -0.15) is 23.4 Å². The van der Waals surface area contributed by atoms with Crippen LogP contribution in [0.4, 0.5) is 18.9 Å². The maximum Gasteiger partial charge on any atom is 0.433 e. The number of carbonyl (C=O) groups excluding carboxylic acids is 2. The highest BCUT2D eigenvalue weighted by molar-refractivity contribution is 6.07. The molecule has 0 saturated heterocycles. The van der Waals surface area contributed by atoms with Crippen molar-refractivity contribution in [3.63, 3.8) is 0 Å². The summed E-state index contributed by atoms with van der Waals surface area (Å²) in [6.07, 6.45) is -3.27. The van der Waals surface area contributed by atoms with Gasteiger partial charge in [-0.1, -0.05) is 0 Å². The van der Waals surface area contributed by atoms with Gasteiger partial charge in [0.05, 0.1) is 5.69 Å². The molecule has 2 amide bonds. The maximum atomic E-state index is 12.7. The van der Waals surface area contributed by atoms with E-state index in [0.717, 1.165) is 7.05 Å². The highest BCUT2D eigenvalue weighted by atomic mass is 19.4. The zero-order valence-corrected chi connectivity index (χ0v) is 12.4. The van der Waals surface area contributed by atoms with Gasteiger partial charge in [-0.3, -0.25) is 19.0 Å². The minimum Gasteiger partial charge on any atom is -0.354 e. The van der Waals surface area contributed by atoms with Crippen LogP contribution in [-0.2, 0) is 20.3 Å². The number of aromatic nitrogens is 4. The molecule has 0 fully saturated rings. The van der Waals surface area contributed by atoms with E-state index < -0.39 is 29.4 Å². The van der Waals surface area contributed by atoms with Gasteiger partial charge in [0.25, 0.3) is 11.8 Å². The molecule has 2 aromatic rings. The molecule has 2 rings (SSSR count). The summed E-state index contributed by atoms with van der Waals surface area (Å²) in [6.45, 7) is 0. The van der Waals surface area contributed by atoms with Gasteiger partial charge in [0, 0.05) is 33.4 Å². The normalized spacial score (nSPS) is 11.4. The lowest BCUT2D eigenvalue weighted by atomic mass is 10.3. The summed E-state index contributed by atoms with van der Waals surface area (Å²) < 4.78 is 40.0. The molecule has 0 aliphatic rings.